The van der Waals surface area contributed by atoms with Gasteiger partial charge in [-0.1, -0.05) is 18.2 Å². The number of allylic oxidation sites excluding steroid dienone is 1. The number of nitrogens with zero attached hydrogens (tertiary/aromatic N) is 2. The monoisotopic (exact) mass is 454 g/mol. The summed E-state index contributed by atoms with van der Waals surface area (Å²) in [6.07, 6.45) is 5.16. The van der Waals surface area contributed by atoms with Crippen molar-refractivity contribution in [2.75, 3.05) is 21.0 Å². The van der Waals surface area contributed by atoms with Gasteiger partial charge in [0.2, 0.25) is 6.79 Å². The average Bonchev–Trinajstić information content (AvgIpc) is 3.54. The molecule has 0 aliphatic carbocycles. The van der Waals surface area contributed by atoms with Crippen molar-refractivity contribution < 1.29 is 23.7 Å². The van der Waals surface area contributed by atoms with Crippen LogP contribution < -0.4 is 18.9 Å². The molecular weight excluding hydrogens is 432 g/mol. The molecule has 4 aromatic rings. The lowest BCUT2D eigenvalue weighted by molar-refractivity contribution is 0.104. The minimum atomic E-state index is -0.208. The van der Waals surface area contributed by atoms with E-state index in [2.05, 4.69) is 0 Å². The Morgan fingerprint density at radius 2 is 1.79 bits per heavy atom. The van der Waals surface area contributed by atoms with E-state index in [9.17, 15) is 4.79 Å². The van der Waals surface area contributed by atoms with Crippen LogP contribution in [0.25, 0.3) is 23.0 Å². The van der Waals surface area contributed by atoms with E-state index in [0.29, 0.717) is 34.3 Å². The van der Waals surface area contributed by atoms with Gasteiger partial charge in [0.05, 0.1) is 25.5 Å². The van der Waals surface area contributed by atoms with Crippen molar-refractivity contribution >= 4 is 11.9 Å². The van der Waals surface area contributed by atoms with Gasteiger partial charge in [-0.25, -0.2) is 4.68 Å². The Morgan fingerprint density at radius 3 is 2.59 bits per heavy atom. The molecule has 0 fully saturated rings. The Balaban J connectivity index is 1.55. The molecule has 0 saturated heterocycles. The minimum Gasteiger partial charge on any atom is -0.497 e. The molecule has 1 aliphatic heterocycles. The lowest BCUT2D eigenvalue weighted by Gasteiger charge is -2.07. The molecule has 7 heteroatoms. The molecule has 3 aromatic carbocycles. The first-order chi connectivity index (χ1) is 16.7. The van der Waals surface area contributed by atoms with E-state index in [4.69, 9.17) is 24.0 Å². The topological polar surface area (TPSA) is 71.8 Å². The fraction of sp³-hybridized carbons (Fsp3) is 0.111. The van der Waals surface area contributed by atoms with Gasteiger partial charge in [-0.3, -0.25) is 4.79 Å². The zero-order valence-corrected chi connectivity index (χ0v) is 18.7. The van der Waals surface area contributed by atoms with Crippen LogP contribution in [0.4, 0.5) is 0 Å². The Labute approximate surface area is 196 Å². The molecule has 0 bridgehead atoms. The highest BCUT2D eigenvalue weighted by Gasteiger charge is 2.18. The van der Waals surface area contributed by atoms with Crippen LogP contribution in [0.2, 0.25) is 0 Å². The predicted molar refractivity (Wildman–Crippen MR) is 128 cm³/mol. The highest BCUT2D eigenvalue weighted by atomic mass is 16.7. The number of ether oxygens (including phenoxy) is 4. The molecule has 0 atom stereocenters. The summed E-state index contributed by atoms with van der Waals surface area (Å²) >= 11 is 0. The predicted octanol–water partition coefficient (Wildman–Crippen LogP) is 5.18. The number of rotatable bonds is 7. The highest BCUT2D eigenvalue weighted by Crippen LogP contribution is 2.37. The summed E-state index contributed by atoms with van der Waals surface area (Å²) in [5, 5.41) is 4.80. The van der Waals surface area contributed by atoms with Gasteiger partial charge in [0.15, 0.2) is 17.3 Å². The molecular formula is C27H22N2O5. The van der Waals surface area contributed by atoms with E-state index in [1.54, 1.807) is 36.1 Å². The van der Waals surface area contributed by atoms with E-state index in [1.807, 2.05) is 54.7 Å². The van der Waals surface area contributed by atoms with Gasteiger partial charge >= 0.3 is 0 Å². The number of benzene rings is 3. The number of carbonyl (C=O) groups is 1. The van der Waals surface area contributed by atoms with Gasteiger partial charge in [0.1, 0.15) is 17.2 Å². The van der Waals surface area contributed by atoms with Crippen molar-refractivity contribution in [1.82, 2.24) is 9.78 Å². The van der Waals surface area contributed by atoms with E-state index >= 15 is 0 Å². The molecule has 0 N–H and O–H groups in total. The molecule has 0 unspecified atom stereocenters. The van der Waals surface area contributed by atoms with Crippen LogP contribution >= 0.6 is 0 Å². The average molecular weight is 454 g/mol. The molecule has 0 saturated carbocycles. The number of fused-ring (bicyclic) bond motifs is 1. The molecule has 1 aliphatic rings. The number of aromatic nitrogens is 2. The van der Waals surface area contributed by atoms with Gasteiger partial charge in [-0.05, 0) is 60.7 Å². The molecule has 2 heterocycles. The van der Waals surface area contributed by atoms with Crippen molar-refractivity contribution in [3.05, 3.63) is 90.1 Å². The quantitative estimate of drug-likeness (QED) is 0.283. The standard InChI is InChI=1S/C27H22N2O5/c1-31-21-10-13-24(32-2)22(15-21)23(30)11-8-19-16-29(20-6-4-3-5-7-20)28-27(19)18-9-12-25-26(14-18)34-17-33-25/h3-16H,17H2,1-2H3/b11-8+. The normalized spacial score (nSPS) is 12.2. The first kappa shape index (κ1) is 21.3. The van der Waals surface area contributed by atoms with Crippen LogP contribution in [0, 0.1) is 0 Å². The van der Waals surface area contributed by atoms with Crippen molar-refractivity contribution in [2.24, 2.45) is 0 Å². The van der Waals surface area contributed by atoms with Crippen molar-refractivity contribution in [1.29, 1.82) is 0 Å². The molecule has 34 heavy (non-hydrogen) atoms. The van der Waals surface area contributed by atoms with Crippen LogP contribution in [-0.4, -0.2) is 36.6 Å². The van der Waals surface area contributed by atoms with Gasteiger partial charge in [0.25, 0.3) is 0 Å². The highest BCUT2D eigenvalue weighted by molar-refractivity contribution is 6.09. The SMILES string of the molecule is COc1ccc(OC)c(C(=O)/C=C/c2cn(-c3ccccc3)nc2-c2ccc3c(c2)OCO3)c1. The zero-order chi connectivity index (χ0) is 23.5. The van der Waals surface area contributed by atoms with Crippen LogP contribution in [0.1, 0.15) is 15.9 Å². The van der Waals surface area contributed by atoms with Gasteiger partial charge in [-0.2, -0.15) is 5.10 Å². The Hall–Kier alpha value is -4.52. The number of carbonyl (C=O) groups excluding carboxylic acids is 1. The summed E-state index contributed by atoms with van der Waals surface area (Å²) in [7, 11) is 3.09. The van der Waals surface area contributed by atoms with E-state index in [1.165, 1.54) is 13.2 Å². The molecule has 0 spiro atoms. The maximum atomic E-state index is 13.1. The van der Waals surface area contributed by atoms with E-state index in [0.717, 1.165) is 16.8 Å². The number of methoxy groups -OCH3 is 2. The van der Waals surface area contributed by atoms with Gasteiger partial charge in [0, 0.05) is 17.3 Å². The number of ketones is 1. The number of hydrogen-bond acceptors (Lipinski definition) is 6. The Bertz CT molecular complexity index is 1380. The van der Waals surface area contributed by atoms with E-state index < -0.39 is 0 Å². The van der Waals surface area contributed by atoms with Crippen LogP contribution in [0.15, 0.2) is 79.0 Å². The van der Waals surface area contributed by atoms with Crippen LogP contribution in [0.3, 0.4) is 0 Å². The van der Waals surface area contributed by atoms with Crippen molar-refractivity contribution in [3.8, 4) is 39.9 Å². The largest absolute Gasteiger partial charge is 0.497 e. The Morgan fingerprint density at radius 1 is 0.971 bits per heavy atom. The van der Waals surface area contributed by atoms with Gasteiger partial charge in [-0.15, -0.1) is 0 Å². The van der Waals surface area contributed by atoms with Gasteiger partial charge < -0.3 is 18.9 Å². The number of para-hydroxylation sites is 1. The second-order valence-electron chi connectivity index (χ2n) is 7.55. The lowest BCUT2D eigenvalue weighted by atomic mass is 10.0. The maximum Gasteiger partial charge on any atom is 0.231 e. The third kappa shape index (κ3) is 4.11. The van der Waals surface area contributed by atoms with Crippen molar-refractivity contribution in [3.63, 3.8) is 0 Å². The van der Waals surface area contributed by atoms with Crippen molar-refractivity contribution in [2.45, 2.75) is 0 Å². The number of hydrogen-bond donors (Lipinski definition) is 0. The maximum absolute atomic E-state index is 13.1. The molecule has 170 valence electrons. The molecule has 7 nitrogen and oxygen atoms in total. The molecule has 0 radical (unpaired) electrons. The molecule has 5 rings (SSSR count). The lowest BCUT2D eigenvalue weighted by Crippen LogP contribution is -1.99. The minimum absolute atomic E-state index is 0.195. The Kier molecular flexibility index (Phi) is 5.74. The summed E-state index contributed by atoms with van der Waals surface area (Å²) in [6, 6.07) is 20.6. The summed E-state index contributed by atoms with van der Waals surface area (Å²) < 4.78 is 23.4. The second-order valence-corrected chi connectivity index (χ2v) is 7.55. The second kappa shape index (κ2) is 9.15. The summed E-state index contributed by atoms with van der Waals surface area (Å²) in [5.41, 5.74) is 3.66. The first-order valence-corrected chi connectivity index (χ1v) is 10.7. The van der Waals surface area contributed by atoms with Crippen LogP contribution in [-0.2, 0) is 0 Å². The van der Waals surface area contributed by atoms with E-state index in [-0.39, 0.29) is 12.6 Å². The molecule has 0 amide bonds. The summed E-state index contributed by atoms with van der Waals surface area (Å²) in [4.78, 5) is 13.1. The fourth-order valence-corrected chi connectivity index (χ4v) is 3.75. The van der Waals surface area contributed by atoms with Crippen LogP contribution in [0.5, 0.6) is 23.0 Å². The zero-order valence-electron chi connectivity index (χ0n) is 18.7. The third-order valence-electron chi connectivity index (χ3n) is 5.50. The first-order valence-electron chi connectivity index (χ1n) is 10.7. The fourth-order valence-electron chi connectivity index (χ4n) is 3.75. The summed E-state index contributed by atoms with van der Waals surface area (Å²) in [5.74, 6) is 2.21. The smallest absolute Gasteiger partial charge is 0.231 e. The summed E-state index contributed by atoms with van der Waals surface area (Å²) in [6.45, 7) is 0.195. The molecule has 1 aromatic heterocycles. The third-order valence-corrected chi connectivity index (χ3v) is 5.50.